The number of carbonyl (C=O) groups is 1. The van der Waals surface area contributed by atoms with Gasteiger partial charge in [-0.05, 0) is 25.0 Å². The number of hydrogen-bond acceptors (Lipinski definition) is 3. The maximum absolute atomic E-state index is 12.5. The van der Waals surface area contributed by atoms with Crippen LogP contribution in [0, 0.1) is 5.92 Å². The first-order valence-corrected chi connectivity index (χ1v) is 7.70. The van der Waals surface area contributed by atoms with E-state index >= 15 is 0 Å². The maximum atomic E-state index is 12.5. The summed E-state index contributed by atoms with van der Waals surface area (Å²) in [6.07, 6.45) is 1.05. The summed E-state index contributed by atoms with van der Waals surface area (Å²) in [6, 6.07) is 3.85. The molecule has 0 saturated heterocycles. The van der Waals surface area contributed by atoms with E-state index < -0.39 is 0 Å². The highest BCUT2D eigenvalue weighted by Gasteiger charge is 2.20. The molecule has 0 saturated carbocycles. The van der Waals surface area contributed by atoms with Crippen molar-refractivity contribution >= 4 is 11.7 Å². The highest BCUT2D eigenvalue weighted by Crippen LogP contribution is 2.23. The van der Waals surface area contributed by atoms with Crippen molar-refractivity contribution in [1.29, 1.82) is 0 Å². The number of aromatic nitrogens is 1. The lowest BCUT2D eigenvalue weighted by atomic mass is 9.90. The molecule has 0 aliphatic carbocycles. The molecule has 0 spiro atoms. The Kier molecular flexibility index (Phi) is 5.76. The van der Waals surface area contributed by atoms with E-state index in [0.29, 0.717) is 11.5 Å². The minimum atomic E-state index is -0.0930. The molecule has 0 aliphatic heterocycles. The third kappa shape index (κ3) is 4.73. The molecular weight excluding hydrogens is 262 g/mol. The van der Waals surface area contributed by atoms with E-state index in [1.54, 1.807) is 6.07 Å². The zero-order valence-electron chi connectivity index (χ0n) is 14.4. The summed E-state index contributed by atoms with van der Waals surface area (Å²) >= 11 is 0. The number of hydrogen-bond donors (Lipinski definition) is 2. The van der Waals surface area contributed by atoms with Crippen molar-refractivity contribution in [1.82, 2.24) is 10.3 Å². The van der Waals surface area contributed by atoms with Gasteiger partial charge in [0.05, 0.1) is 0 Å². The first-order valence-electron chi connectivity index (χ1n) is 7.70. The Bertz CT molecular complexity index is 491. The normalized spacial score (nSPS) is 14.4. The average molecular weight is 291 g/mol. The Labute approximate surface area is 128 Å². The van der Waals surface area contributed by atoms with Gasteiger partial charge in [-0.2, -0.15) is 0 Å². The molecule has 1 rings (SSSR count). The SMILES string of the molecule is CCC(C)C(C)NC(=O)c1cc(NC)nc(C(C)(C)C)c1. The predicted molar refractivity (Wildman–Crippen MR) is 88.9 cm³/mol. The van der Waals surface area contributed by atoms with E-state index in [9.17, 15) is 4.79 Å². The van der Waals surface area contributed by atoms with Gasteiger partial charge in [0.1, 0.15) is 5.82 Å². The monoisotopic (exact) mass is 291 g/mol. The number of nitrogens with one attached hydrogen (secondary N) is 2. The lowest BCUT2D eigenvalue weighted by molar-refractivity contribution is 0.0928. The second-order valence-corrected chi connectivity index (χ2v) is 6.77. The minimum Gasteiger partial charge on any atom is -0.373 e. The highest BCUT2D eigenvalue weighted by atomic mass is 16.1. The summed E-state index contributed by atoms with van der Waals surface area (Å²) in [5, 5.41) is 6.11. The van der Waals surface area contributed by atoms with E-state index in [4.69, 9.17) is 0 Å². The largest absolute Gasteiger partial charge is 0.373 e. The van der Waals surface area contributed by atoms with E-state index in [1.165, 1.54) is 0 Å². The number of amides is 1. The molecule has 0 aliphatic rings. The number of nitrogens with zero attached hydrogens (tertiary/aromatic N) is 1. The topological polar surface area (TPSA) is 54.0 Å². The molecule has 1 amide bonds. The molecule has 2 unspecified atom stereocenters. The zero-order valence-corrected chi connectivity index (χ0v) is 14.4. The molecule has 0 fully saturated rings. The van der Waals surface area contributed by atoms with Gasteiger partial charge in [-0.1, -0.05) is 41.0 Å². The quantitative estimate of drug-likeness (QED) is 0.871. The fourth-order valence-electron chi connectivity index (χ4n) is 1.96. The van der Waals surface area contributed by atoms with Gasteiger partial charge in [-0.25, -0.2) is 4.98 Å². The first-order chi connectivity index (χ1) is 9.68. The van der Waals surface area contributed by atoms with Crippen LogP contribution in [0.25, 0.3) is 0 Å². The van der Waals surface area contributed by atoms with Crippen LogP contribution in [0.15, 0.2) is 12.1 Å². The highest BCUT2D eigenvalue weighted by molar-refractivity contribution is 5.95. The standard InChI is InChI=1S/C17H29N3O/c1-8-11(2)12(3)19-16(21)13-9-14(17(4,5)6)20-15(10-13)18-7/h9-12H,8H2,1-7H3,(H,18,20)(H,19,21). The zero-order chi connectivity index (χ0) is 16.2. The second-order valence-electron chi connectivity index (χ2n) is 6.77. The lowest BCUT2D eigenvalue weighted by Crippen LogP contribution is -2.37. The summed E-state index contributed by atoms with van der Waals surface area (Å²) in [5.41, 5.74) is 1.48. The Balaban J connectivity index is 3.04. The molecule has 0 bridgehead atoms. The van der Waals surface area contributed by atoms with Crippen LogP contribution in [0.2, 0.25) is 0 Å². The minimum absolute atomic E-state index is 0.0350. The van der Waals surface area contributed by atoms with Crippen molar-refractivity contribution in [2.45, 2.75) is 59.4 Å². The van der Waals surface area contributed by atoms with Gasteiger partial charge in [-0.15, -0.1) is 0 Å². The number of rotatable bonds is 5. The molecule has 2 atom stereocenters. The van der Waals surface area contributed by atoms with Gasteiger partial charge in [-0.3, -0.25) is 4.79 Å². The van der Waals surface area contributed by atoms with Crippen molar-refractivity contribution in [2.75, 3.05) is 12.4 Å². The molecule has 2 N–H and O–H groups in total. The van der Waals surface area contributed by atoms with Crippen molar-refractivity contribution in [3.63, 3.8) is 0 Å². The van der Waals surface area contributed by atoms with Crippen molar-refractivity contribution in [2.24, 2.45) is 5.92 Å². The van der Waals surface area contributed by atoms with Crippen LogP contribution in [0.3, 0.4) is 0 Å². The average Bonchev–Trinajstić information content (AvgIpc) is 2.44. The summed E-state index contributed by atoms with van der Waals surface area (Å²) in [6.45, 7) is 12.6. The fraction of sp³-hybridized carbons (Fsp3) is 0.647. The molecular formula is C17H29N3O. The van der Waals surface area contributed by atoms with Gasteiger partial charge in [0.25, 0.3) is 5.91 Å². The summed E-state index contributed by atoms with van der Waals surface area (Å²) < 4.78 is 0. The summed E-state index contributed by atoms with van der Waals surface area (Å²) in [5.74, 6) is 1.15. The Hall–Kier alpha value is -1.58. The van der Waals surface area contributed by atoms with E-state index in [1.807, 2.05) is 13.1 Å². The molecule has 0 radical (unpaired) electrons. The Morgan fingerprint density at radius 1 is 1.29 bits per heavy atom. The summed E-state index contributed by atoms with van der Waals surface area (Å²) in [4.78, 5) is 17.0. The van der Waals surface area contributed by atoms with Gasteiger partial charge < -0.3 is 10.6 Å². The molecule has 4 nitrogen and oxygen atoms in total. The van der Waals surface area contributed by atoms with Crippen LogP contribution >= 0.6 is 0 Å². The second kappa shape index (κ2) is 6.92. The number of anilines is 1. The van der Waals surface area contributed by atoms with Crippen LogP contribution in [0.4, 0.5) is 5.82 Å². The van der Waals surface area contributed by atoms with Gasteiger partial charge >= 0.3 is 0 Å². The molecule has 21 heavy (non-hydrogen) atoms. The van der Waals surface area contributed by atoms with Gasteiger partial charge in [0.2, 0.25) is 0 Å². The first kappa shape index (κ1) is 17.5. The van der Waals surface area contributed by atoms with E-state index in [0.717, 1.165) is 17.9 Å². The van der Waals surface area contributed by atoms with Crippen LogP contribution in [0.1, 0.15) is 64.0 Å². The van der Waals surface area contributed by atoms with Crippen LogP contribution < -0.4 is 10.6 Å². The van der Waals surface area contributed by atoms with Crippen molar-refractivity contribution < 1.29 is 4.79 Å². The van der Waals surface area contributed by atoms with Crippen LogP contribution in [-0.4, -0.2) is 24.0 Å². The predicted octanol–water partition coefficient (Wildman–Crippen LogP) is 3.59. The van der Waals surface area contributed by atoms with E-state index in [2.05, 4.69) is 57.2 Å². The lowest BCUT2D eigenvalue weighted by Gasteiger charge is -2.22. The van der Waals surface area contributed by atoms with Crippen molar-refractivity contribution in [3.05, 3.63) is 23.4 Å². The molecule has 1 heterocycles. The van der Waals surface area contributed by atoms with Crippen LogP contribution in [-0.2, 0) is 5.41 Å². The number of pyridine rings is 1. The molecule has 0 aromatic carbocycles. The number of carbonyl (C=O) groups excluding carboxylic acids is 1. The smallest absolute Gasteiger partial charge is 0.251 e. The third-order valence-corrected chi connectivity index (χ3v) is 3.97. The maximum Gasteiger partial charge on any atom is 0.251 e. The third-order valence-electron chi connectivity index (χ3n) is 3.97. The van der Waals surface area contributed by atoms with E-state index in [-0.39, 0.29) is 17.4 Å². The molecule has 1 aromatic heterocycles. The molecule has 1 aromatic rings. The molecule has 118 valence electrons. The Morgan fingerprint density at radius 2 is 1.90 bits per heavy atom. The summed E-state index contributed by atoms with van der Waals surface area (Å²) in [7, 11) is 1.82. The van der Waals surface area contributed by atoms with Gasteiger partial charge in [0.15, 0.2) is 0 Å². The molecule has 4 heteroatoms. The van der Waals surface area contributed by atoms with Gasteiger partial charge in [0, 0.05) is 29.8 Å². The fourth-order valence-corrected chi connectivity index (χ4v) is 1.96. The Morgan fingerprint density at radius 3 is 2.38 bits per heavy atom. The van der Waals surface area contributed by atoms with Crippen LogP contribution in [0.5, 0.6) is 0 Å². The van der Waals surface area contributed by atoms with Crippen molar-refractivity contribution in [3.8, 4) is 0 Å².